The number of rotatable bonds is 6. The van der Waals surface area contributed by atoms with Crippen LogP contribution in [0.3, 0.4) is 0 Å². The van der Waals surface area contributed by atoms with Gasteiger partial charge in [-0.15, -0.1) is 0 Å². The van der Waals surface area contributed by atoms with Crippen LogP contribution in [0.25, 0.3) is 33.1 Å². The third-order valence-electron chi connectivity index (χ3n) is 7.28. The van der Waals surface area contributed by atoms with E-state index in [1.807, 2.05) is 17.0 Å². The van der Waals surface area contributed by atoms with E-state index in [1.54, 1.807) is 12.1 Å². The summed E-state index contributed by atoms with van der Waals surface area (Å²) in [7, 11) is 0. The molecule has 0 saturated carbocycles. The quantitative estimate of drug-likeness (QED) is 0.280. The maximum absolute atomic E-state index is 13.3. The lowest BCUT2D eigenvalue weighted by molar-refractivity contribution is -0.130. The van der Waals surface area contributed by atoms with Crippen LogP contribution >= 0.6 is 0 Å². The fourth-order valence-corrected chi connectivity index (χ4v) is 5.24. The standard InChI is InChI=1S/C31H30FN5O2/c1-2-6-26-33-30(37-16-5-15-36(17-18-37)27(38)19-21-9-13-25(32)14-10-21)28-29(35-39-31(28)34-26)24-12-11-22-7-3-4-8-23(22)20-24/h3-4,7-14,20H,2,5-6,15-19H2,1H3. The summed E-state index contributed by atoms with van der Waals surface area (Å²) in [5, 5.41) is 7.54. The van der Waals surface area contributed by atoms with Crippen LogP contribution in [0.4, 0.5) is 10.2 Å². The van der Waals surface area contributed by atoms with E-state index in [1.165, 1.54) is 12.1 Å². The Kier molecular flexibility index (Phi) is 6.92. The van der Waals surface area contributed by atoms with Crippen LogP contribution in [0.5, 0.6) is 0 Å². The minimum absolute atomic E-state index is 0.0461. The van der Waals surface area contributed by atoms with Crippen LogP contribution < -0.4 is 4.90 Å². The normalized spacial score (nSPS) is 14.2. The monoisotopic (exact) mass is 523 g/mol. The number of carbonyl (C=O) groups is 1. The van der Waals surface area contributed by atoms with Crippen LogP contribution in [0, 0.1) is 5.82 Å². The van der Waals surface area contributed by atoms with Crippen LogP contribution in [-0.4, -0.2) is 52.1 Å². The molecule has 8 heteroatoms. The van der Waals surface area contributed by atoms with Gasteiger partial charge in [-0.3, -0.25) is 4.79 Å². The summed E-state index contributed by atoms with van der Waals surface area (Å²) in [5.41, 5.74) is 2.97. The second kappa shape index (κ2) is 10.8. The van der Waals surface area contributed by atoms with Crippen molar-refractivity contribution >= 4 is 33.6 Å². The highest BCUT2D eigenvalue weighted by molar-refractivity contribution is 6.00. The number of aromatic nitrogens is 3. The van der Waals surface area contributed by atoms with Gasteiger partial charge in [0.2, 0.25) is 5.91 Å². The predicted octanol–water partition coefficient (Wildman–Crippen LogP) is 5.81. The molecule has 198 valence electrons. The maximum atomic E-state index is 13.3. The lowest BCUT2D eigenvalue weighted by atomic mass is 10.0. The van der Waals surface area contributed by atoms with Gasteiger partial charge < -0.3 is 14.3 Å². The van der Waals surface area contributed by atoms with E-state index in [0.717, 1.165) is 70.4 Å². The minimum atomic E-state index is -0.299. The molecule has 5 aromatic rings. The van der Waals surface area contributed by atoms with Gasteiger partial charge in [-0.1, -0.05) is 60.6 Å². The maximum Gasteiger partial charge on any atom is 0.263 e. The molecule has 0 bridgehead atoms. The van der Waals surface area contributed by atoms with Crippen LogP contribution in [0.15, 0.2) is 71.3 Å². The molecule has 0 radical (unpaired) electrons. The molecule has 1 aliphatic rings. The summed E-state index contributed by atoms with van der Waals surface area (Å²) in [4.78, 5) is 26.9. The van der Waals surface area contributed by atoms with Crippen molar-refractivity contribution in [1.29, 1.82) is 0 Å². The first-order valence-corrected chi connectivity index (χ1v) is 13.5. The van der Waals surface area contributed by atoms with Gasteiger partial charge >= 0.3 is 0 Å². The molecule has 6 rings (SSSR count). The van der Waals surface area contributed by atoms with Gasteiger partial charge in [0.1, 0.15) is 28.5 Å². The third-order valence-corrected chi connectivity index (χ3v) is 7.28. The Hall–Kier alpha value is -4.33. The molecule has 0 spiro atoms. The number of aryl methyl sites for hydroxylation is 1. The molecule has 1 saturated heterocycles. The molecule has 0 N–H and O–H groups in total. The van der Waals surface area contributed by atoms with Crippen molar-refractivity contribution in [1.82, 2.24) is 20.0 Å². The Bertz CT molecular complexity index is 1630. The number of anilines is 1. The summed E-state index contributed by atoms with van der Waals surface area (Å²) >= 11 is 0. The average molecular weight is 524 g/mol. The Morgan fingerprint density at radius 2 is 1.77 bits per heavy atom. The van der Waals surface area contributed by atoms with Gasteiger partial charge in [-0.2, -0.15) is 4.98 Å². The lowest BCUT2D eigenvalue weighted by Crippen LogP contribution is -2.36. The number of hydrogen-bond donors (Lipinski definition) is 0. The molecule has 0 aliphatic carbocycles. The van der Waals surface area contributed by atoms with Crippen LogP contribution in [-0.2, 0) is 17.6 Å². The number of nitrogens with zero attached hydrogens (tertiary/aromatic N) is 5. The molecule has 0 atom stereocenters. The molecule has 0 unspecified atom stereocenters. The van der Waals surface area contributed by atoms with Crippen LogP contribution in [0.1, 0.15) is 31.2 Å². The predicted molar refractivity (Wildman–Crippen MR) is 150 cm³/mol. The molecule has 1 amide bonds. The highest BCUT2D eigenvalue weighted by Crippen LogP contribution is 2.35. The number of carbonyl (C=O) groups excluding carboxylic acids is 1. The zero-order valence-corrected chi connectivity index (χ0v) is 21.9. The van der Waals surface area contributed by atoms with Gasteiger partial charge in [-0.05, 0) is 47.4 Å². The van der Waals surface area contributed by atoms with Gasteiger partial charge in [0.25, 0.3) is 5.71 Å². The van der Waals surface area contributed by atoms with Crippen molar-refractivity contribution in [3.63, 3.8) is 0 Å². The number of hydrogen-bond acceptors (Lipinski definition) is 6. The number of benzene rings is 3. The Labute approximate surface area is 226 Å². The molecular weight excluding hydrogens is 493 g/mol. The Morgan fingerprint density at radius 1 is 0.949 bits per heavy atom. The van der Waals surface area contributed by atoms with Gasteiger partial charge in [0.15, 0.2) is 0 Å². The molecule has 3 heterocycles. The zero-order valence-electron chi connectivity index (χ0n) is 21.9. The minimum Gasteiger partial charge on any atom is -0.354 e. The Balaban J connectivity index is 1.31. The summed E-state index contributed by atoms with van der Waals surface area (Å²) in [6.07, 6.45) is 2.73. The highest BCUT2D eigenvalue weighted by Gasteiger charge is 2.26. The molecule has 1 aliphatic heterocycles. The molecular formula is C31H30FN5O2. The first-order chi connectivity index (χ1) is 19.1. The molecule has 3 aromatic carbocycles. The SMILES string of the molecule is CCCc1nc(N2CCCN(C(=O)Cc3ccc(F)cc3)CC2)c2c(-c3ccc4ccccc4c3)noc2n1. The summed E-state index contributed by atoms with van der Waals surface area (Å²) in [5.74, 6) is 1.28. The Morgan fingerprint density at radius 3 is 2.59 bits per heavy atom. The van der Waals surface area contributed by atoms with E-state index < -0.39 is 0 Å². The van der Waals surface area contributed by atoms with Crippen LogP contribution in [0.2, 0.25) is 0 Å². The van der Waals surface area contributed by atoms with E-state index in [9.17, 15) is 9.18 Å². The van der Waals surface area contributed by atoms with Crippen molar-refractivity contribution in [2.45, 2.75) is 32.6 Å². The topological polar surface area (TPSA) is 75.4 Å². The van der Waals surface area contributed by atoms with E-state index in [4.69, 9.17) is 14.5 Å². The van der Waals surface area contributed by atoms with Gasteiger partial charge in [0.05, 0.1) is 6.42 Å². The van der Waals surface area contributed by atoms with E-state index >= 15 is 0 Å². The molecule has 1 fully saturated rings. The second-order valence-corrected chi connectivity index (χ2v) is 10.0. The third kappa shape index (κ3) is 5.19. The lowest BCUT2D eigenvalue weighted by Gasteiger charge is -2.24. The van der Waals surface area contributed by atoms with Crippen molar-refractivity contribution in [2.24, 2.45) is 0 Å². The molecule has 2 aromatic heterocycles. The van der Waals surface area contributed by atoms with Crippen molar-refractivity contribution < 1.29 is 13.7 Å². The molecule has 39 heavy (non-hydrogen) atoms. The van der Waals surface area contributed by atoms with Crippen molar-refractivity contribution in [3.8, 4) is 11.3 Å². The summed E-state index contributed by atoms with van der Waals surface area (Å²) in [6.45, 7) is 4.72. The van der Waals surface area contributed by atoms with E-state index in [-0.39, 0.29) is 18.1 Å². The van der Waals surface area contributed by atoms with Crippen molar-refractivity contribution in [2.75, 3.05) is 31.1 Å². The van der Waals surface area contributed by atoms with Gasteiger partial charge in [-0.25, -0.2) is 9.37 Å². The number of amides is 1. The van der Waals surface area contributed by atoms with Crippen molar-refractivity contribution in [3.05, 3.63) is 83.9 Å². The number of halogens is 1. The zero-order chi connectivity index (χ0) is 26.8. The molecule has 7 nitrogen and oxygen atoms in total. The first kappa shape index (κ1) is 25.0. The largest absolute Gasteiger partial charge is 0.354 e. The highest BCUT2D eigenvalue weighted by atomic mass is 19.1. The van der Waals surface area contributed by atoms with E-state index in [0.29, 0.717) is 25.3 Å². The van der Waals surface area contributed by atoms with E-state index in [2.05, 4.69) is 47.3 Å². The smallest absolute Gasteiger partial charge is 0.263 e. The van der Waals surface area contributed by atoms with Gasteiger partial charge in [0, 0.05) is 38.2 Å². The fraction of sp³-hybridized carbons (Fsp3) is 0.290. The number of fused-ring (bicyclic) bond motifs is 2. The first-order valence-electron chi connectivity index (χ1n) is 13.5. The summed E-state index contributed by atoms with van der Waals surface area (Å²) in [6, 6.07) is 20.6. The summed E-state index contributed by atoms with van der Waals surface area (Å²) < 4.78 is 19.1. The average Bonchev–Trinajstić information content (AvgIpc) is 3.22. The fourth-order valence-electron chi connectivity index (χ4n) is 5.24. The second-order valence-electron chi connectivity index (χ2n) is 10.0.